The van der Waals surface area contributed by atoms with Crippen molar-refractivity contribution in [3.63, 3.8) is 0 Å². The van der Waals surface area contributed by atoms with Crippen molar-refractivity contribution in [2.24, 2.45) is 5.92 Å². The molecule has 0 aromatic rings. The summed E-state index contributed by atoms with van der Waals surface area (Å²) in [6.07, 6.45) is 3.30. The number of imide groups is 1. The molecule has 0 unspecified atom stereocenters. The second-order valence-corrected chi connectivity index (χ2v) is 4.74. The van der Waals surface area contributed by atoms with E-state index in [4.69, 9.17) is 4.74 Å². The van der Waals surface area contributed by atoms with Gasteiger partial charge in [0.15, 0.2) is 0 Å². The Morgan fingerprint density at radius 3 is 2.47 bits per heavy atom. The monoisotopic (exact) mass is 268 g/mol. The van der Waals surface area contributed by atoms with Crippen LogP contribution in [0.25, 0.3) is 0 Å². The fraction of sp³-hybridized carbons (Fsp3) is 0.615. The molecule has 0 atom stereocenters. The van der Waals surface area contributed by atoms with Crippen LogP contribution in [-0.2, 0) is 19.1 Å². The third-order valence-electron chi connectivity index (χ3n) is 2.61. The molecular weight excluding hydrogens is 248 g/mol. The quantitative estimate of drug-likeness (QED) is 0.500. The second-order valence-electron chi connectivity index (χ2n) is 4.74. The molecule has 0 aliphatic carbocycles. The molecule has 1 rings (SSSR count). The van der Waals surface area contributed by atoms with Crippen molar-refractivity contribution >= 4 is 17.7 Å². The number of carbonyl (C=O) groups is 3. The largest absolute Gasteiger partial charge is 0.380 e. The molecule has 1 heterocycles. The van der Waals surface area contributed by atoms with Gasteiger partial charge in [0.05, 0.1) is 6.61 Å². The lowest BCUT2D eigenvalue weighted by Crippen LogP contribution is -2.41. The highest BCUT2D eigenvalue weighted by molar-refractivity contribution is 6.14. The third kappa shape index (κ3) is 5.65. The fourth-order valence-corrected chi connectivity index (χ4v) is 1.47. The average Bonchev–Trinajstić information content (AvgIpc) is 2.65. The Kier molecular flexibility index (Phi) is 6.21. The zero-order valence-corrected chi connectivity index (χ0v) is 11.3. The Morgan fingerprint density at radius 2 is 1.89 bits per heavy atom. The van der Waals surface area contributed by atoms with Crippen LogP contribution in [0, 0.1) is 5.92 Å². The summed E-state index contributed by atoms with van der Waals surface area (Å²) in [6, 6.07) is 0. The molecule has 0 spiro atoms. The predicted molar refractivity (Wildman–Crippen MR) is 69.1 cm³/mol. The van der Waals surface area contributed by atoms with Crippen LogP contribution in [0.2, 0.25) is 0 Å². The van der Waals surface area contributed by atoms with Gasteiger partial charge < -0.3 is 10.1 Å². The lowest BCUT2D eigenvalue weighted by Gasteiger charge is -2.13. The topological polar surface area (TPSA) is 75.7 Å². The van der Waals surface area contributed by atoms with Gasteiger partial charge in [0.25, 0.3) is 11.8 Å². The van der Waals surface area contributed by atoms with Gasteiger partial charge in [-0.3, -0.25) is 19.3 Å². The van der Waals surface area contributed by atoms with Gasteiger partial charge in [0.2, 0.25) is 5.91 Å². The van der Waals surface area contributed by atoms with Crippen LogP contribution < -0.4 is 5.32 Å². The van der Waals surface area contributed by atoms with E-state index in [2.05, 4.69) is 19.2 Å². The number of amides is 3. The molecule has 19 heavy (non-hydrogen) atoms. The Hall–Kier alpha value is -1.69. The van der Waals surface area contributed by atoms with E-state index in [1.165, 1.54) is 0 Å². The van der Waals surface area contributed by atoms with E-state index in [0.29, 0.717) is 25.7 Å². The molecule has 3 amide bonds. The van der Waals surface area contributed by atoms with Crippen molar-refractivity contribution in [1.82, 2.24) is 10.2 Å². The van der Waals surface area contributed by atoms with Crippen LogP contribution >= 0.6 is 0 Å². The summed E-state index contributed by atoms with van der Waals surface area (Å²) in [7, 11) is 0. The summed E-state index contributed by atoms with van der Waals surface area (Å²) in [5.74, 6) is -0.672. The molecule has 0 bridgehead atoms. The smallest absolute Gasteiger partial charge is 0.254 e. The molecule has 1 N–H and O–H groups in total. The van der Waals surface area contributed by atoms with Crippen LogP contribution in [0.5, 0.6) is 0 Å². The number of hydrogen-bond donors (Lipinski definition) is 1. The van der Waals surface area contributed by atoms with Crippen LogP contribution in [0.15, 0.2) is 12.2 Å². The molecule has 0 aromatic carbocycles. The first kappa shape index (κ1) is 15.4. The van der Waals surface area contributed by atoms with Gasteiger partial charge in [-0.15, -0.1) is 0 Å². The minimum Gasteiger partial charge on any atom is -0.380 e. The van der Waals surface area contributed by atoms with Crippen molar-refractivity contribution in [2.45, 2.75) is 20.3 Å². The highest BCUT2D eigenvalue weighted by Gasteiger charge is 2.25. The maximum absolute atomic E-state index is 11.5. The molecule has 1 aliphatic rings. The van der Waals surface area contributed by atoms with Gasteiger partial charge in [0, 0.05) is 25.3 Å². The van der Waals surface area contributed by atoms with Gasteiger partial charge in [-0.2, -0.15) is 0 Å². The normalized spacial score (nSPS) is 14.6. The summed E-state index contributed by atoms with van der Waals surface area (Å²) < 4.78 is 5.33. The second kappa shape index (κ2) is 7.68. The standard InChI is InChI=1S/C13H20N2O4/c1-10(2)5-7-19-8-6-14-11(16)9-15-12(17)3-4-13(15)18/h3-4,10H,5-9H2,1-2H3,(H,14,16). The fourth-order valence-electron chi connectivity index (χ4n) is 1.47. The van der Waals surface area contributed by atoms with Crippen LogP contribution in [0.3, 0.4) is 0 Å². The van der Waals surface area contributed by atoms with Gasteiger partial charge in [0.1, 0.15) is 6.54 Å². The van der Waals surface area contributed by atoms with E-state index in [-0.39, 0.29) is 12.5 Å². The molecule has 0 fully saturated rings. The summed E-state index contributed by atoms with van der Waals surface area (Å²) in [6.45, 7) is 5.46. The highest BCUT2D eigenvalue weighted by Crippen LogP contribution is 2.02. The summed E-state index contributed by atoms with van der Waals surface area (Å²) >= 11 is 0. The number of rotatable bonds is 8. The third-order valence-corrected chi connectivity index (χ3v) is 2.61. The number of carbonyl (C=O) groups excluding carboxylic acids is 3. The molecule has 0 saturated heterocycles. The lowest BCUT2D eigenvalue weighted by molar-refractivity contribution is -0.141. The van der Waals surface area contributed by atoms with Crippen molar-refractivity contribution in [1.29, 1.82) is 0 Å². The van der Waals surface area contributed by atoms with Crippen molar-refractivity contribution in [3.05, 3.63) is 12.2 Å². The van der Waals surface area contributed by atoms with Crippen molar-refractivity contribution in [3.8, 4) is 0 Å². The van der Waals surface area contributed by atoms with Gasteiger partial charge >= 0.3 is 0 Å². The summed E-state index contributed by atoms with van der Waals surface area (Å²) in [4.78, 5) is 34.8. The molecule has 1 aliphatic heterocycles. The zero-order chi connectivity index (χ0) is 14.3. The molecule has 0 aromatic heterocycles. The summed E-state index contributed by atoms with van der Waals surface area (Å²) in [5, 5.41) is 2.60. The number of nitrogens with one attached hydrogen (secondary N) is 1. The predicted octanol–water partition coefficient (Wildman–Crippen LogP) is 0.0903. The van der Waals surface area contributed by atoms with Gasteiger partial charge in [-0.25, -0.2) is 0 Å². The van der Waals surface area contributed by atoms with Crippen LogP contribution in [-0.4, -0.2) is 48.9 Å². The Labute approximate surface area is 112 Å². The zero-order valence-electron chi connectivity index (χ0n) is 11.3. The van der Waals surface area contributed by atoms with Crippen molar-refractivity contribution < 1.29 is 19.1 Å². The van der Waals surface area contributed by atoms with Crippen LogP contribution in [0.4, 0.5) is 0 Å². The Bertz CT molecular complexity index is 359. The lowest BCUT2D eigenvalue weighted by atomic mass is 10.1. The SMILES string of the molecule is CC(C)CCOCCNC(=O)CN1C(=O)C=CC1=O. The van der Waals surface area contributed by atoms with Crippen LogP contribution in [0.1, 0.15) is 20.3 Å². The Morgan fingerprint density at radius 1 is 1.26 bits per heavy atom. The number of ether oxygens (including phenoxy) is 1. The molecule has 106 valence electrons. The van der Waals surface area contributed by atoms with E-state index >= 15 is 0 Å². The molecule has 0 radical (unpaired) electrons. The van der Waals surface area contributed by atoms with E-state index in [1.54, 1.807) is 0 Å². The van der Waals surface area contributed by atoms with Crippen molar-refractivity contribution in [2.75, 3.05) is 26.3 Å². The number of hydrogen-bond acceptors (Lipinski definition) is 4. The first-order valence-electron chi connectivity index (χ1n) is 6.38. The Balaban J connectivity index is 2.09. The van der Waals surface area contributed by atoms with Gasteiger partial charge in [-0.1, -0.05) is 13.8 Å². The first-order valence-corrected chi connectivity index (χ1v) is 6.38. The first-order chi connectivity index (χ1) is 9.00. The molecule has 6 heteroatoms. The summed E-state index contributed by atoms with van der Waals surface area (Å²) in [5.41, 5.74) is 0. The van der Waals surface area contributed by atoms with E-state index in [9.17, 15) is 14.4 Å². The molecule has 0 saturated carbocycles. The van der Waals surface area contributed by atoms with Gasteiger partial charge in [-0.05, 0) is 12.3 Å². The average molecular weight is 268 g/mol. The minimum absolute atomic E-state index is 0.239. The van der Waals surface area contributed by atoms with E-state index in [0.717, 1.165) is 23.5 Å². The number of nitrogens with zero attached hydrogens (tertiary/aromatic N) is 1. The maximum atomic E-state index is 11.5. The maximum Gasteiger partial charge on any atom is 0.254 e. The molecular formula is C13H20N2O4. The molecule has 6 nitrogen and oxygen atoms in total. The highest BCUT2D eigenvalue weighted by atomic mass is 16.5. The van der Waals surface area contributed by atoms with E-state index in [1.807, 2.05) is 0 Å². The minimum atomic E-state index is -0.451. The van der Waals surface area contributed by atoms with E-state index < -0.39 is 11.8 Å².